The summed E-state index contributed by atoms with van der Waals surface area (Å²) < 4.78 is 0. The van der Waals surface area contributed by atoms with Crippen molar-refractivity contribution in [2.75, 3.05) is 6.54 Å². The molecular formula is C12H19N3O2. The van der Waals surface area contributed by atoms with Crippen LogP contribution >= 0.6 is 0 Å². The Morgan fingerprint density at radius 3 is 2.53 bits per heavy atom. The predicted molar refractivity (Wildman–Crippen MR) is 62.2 cm³/mol. The van der Waals surface area contributed by atoms with Crippen molar-refractivity contribution in [3.05, 3.63) is 0 Å². The van der Waals surface area contributed by atoms with Gasteiger partial charge in [0.1, 0.15) is 0 Å². The van der Waals surface area contributed by atoms with Gasteiger partial charge < -0.3 is 16.0 Å². The minimum absolute atomic E-state index is 0.00414. The van der Waals surface area contributed by atoms with Crippen molar-refractivity contribution in [3.63, 3.8) is 0 Å². The maximum Gasteiger partial charge on any atom is 0.225 e. The first kappa shape index (κ1) is 11.0. The molecule has 17 heavy (non-hydrogen) atoms. The fourth-order valence-electron chi connectivity index (χ4n) is 3.28. The molecular weight excluding hydrogens is 218 g/mol. The van der Waals surface area contributed by atoms with Crippen LogP contribution in [0.3, 0.4) is 0 Å². The summed E-state index contributed by atoms with van der Waals surface area (Å²) in [5.41, 5.74) is 0. The monoisotopic (exact) mass is 237 g/mol. The lowest BCUT2D eigenvalue weighted by atomic mass is 9.98. The van der Waals surface area contributed by atoms with E-state index in [1.54, 1.807) is 0 Å². The number of nitrogens with one attached hydrogen (secondary N) is 3. The second kappa shape index (κ2) is 4.29. The van der Waals surface area contributed by atoms with Gasteiger partial charge in [-0.25, -0.2) is 0 Å². The van der Waals surface area contributed by atoms with Crippen molar-refractivity contribution in [2.45, 2.75) is 50.2 Å². The van der Waals surface area contributed by atoms with Crippen LogP contribution in [0.4, 0.5) is 0 Å². The zero-order valence-corrected chi connectivity index (χ0v) is 9.87. The van der Waals surface area contributed by atoms with Crippen molar-refractivity contribution in [3.8, 4) is 0 Å². The molecule has 3 rings (SSSR count). The second-order valence-electron chi connectivity index (χ2n) is 5.52. The molecule has 0 saturated carbocycles. The molecule has 94 valence electrons. The van der Waals surface area contributed by atoms with E-state index >= 15 is 0 Å². The highest BCUT2D eigenvalue weighted by Crippen LogP contribution is 2.27. The van der Waals surface area contributed by atoms with Crippen LogP contribution in [0.5, 0.6) is 0 Å². The molecule has 0 aromatic carbocycles. The maximum absolute atomic E-state index is 12.0. The van der Waals surface area contributed by atoms with Gasteiger partial charge in [-0.05, 0) is 25.7 Å². The zero-order chi connectivity index (χ0) is 11.8. The van der Waals surface area contributed by atoms with E-state index in [9.17, 15) is 9.59 Å². The summed E-state index contributed by atoms with van der Waals surface area (Å²) >= 11 is 0. The van der Waals surface area contributed by atoms with E-state index in [-0.39, 0.29) is 17.7 Å². The van der Waals surface area contributed by atoms with Gasteiger partial charge in [0.2, 0.25) is 11.8 Å². The smallest absolute Gasteiger partial charge is 0.225 e. The molecule has 0 aromatic heterocycles. The molecule has 3 heterocycles. The van der Waals surface area contributed by atoms with E-state index in [1.807, 2.05) is 0 Å². The molecule has 0 aliphatic carbocycles. The number of fused-ring (bicyclic) bond motifs is 2. The molecule has 3 N–H and O–H groups in total. The normalized spacial score (nSPS) is 40.1. The molecule has 3 atom stereocenters. The van der Waals surface area contributed by atoms with Crippen LogP contribution in [-0.2, 0) is 9.59 Å². The van der Waals surface area contributed by atoms with Crippen LogP contribution in [0.25, 0.3) is 0 Å². The molecule has 5 nitrogen and oxygen atoms in total. The molecule has 3 saturated heterocycles. The lowest BCUT2D eigenvalue weighted by Crippen LogP contribution is -2.49. The summed E-state index contributed by atoms with van der Waals surface area (Å²) in [7, 11) is 0. The highest BCUT2D eigenvalue weighted by atomic mass is 16.2. The van der Waals surface area contributed by atoms with E-state index in [4.69, 9.17) is 0 Å². The molecule has 5 heteroatoms. The molecule has 3 unspecified atom stereocenters. The number of carbonyl (C=O) groups is 2. The Morgan fingerprint density at radius 2 is 1.94 bits per heavy atom. The summed E-state index contributed by atoms with van der Waals surface area (Å²) in [6, 6.07) is 1.47. The Morgan fingerprint density at radius 1 is 1.24 bits per heavy atom. The predicted octanol–water partition coefficient (Wildman–Crippen LogP) is -0.478. The summed E-state index contributed by atoms with van der Waals surface area (Å²) in [5.74, 6) is -0.111. The average molecular weight is 237 g/mol. The Bertz CT molecular complexity index is 333. The highest BCUT2D eigenvalue weighted by molar-refractivity contribution is 5.89. The lowest BCUT2D eigenvalue weighted by molar-refractivity contribution is -0.127. The quantitative estimate of drug-likeness (QED) is 0.607. The molecule has 0 spiro atoms. The number of rotatable bonds is 2. The van der Waals surface area contributed by atoms with Gasteiger partial charge in [-0.3, -0.25) is 9.59 Å². The molecule has 0 aromatic rings. The van der Waals surface area contributed by atoms with E-state index in [0.717, 1.165) is 12.8 Å². The van der Waals surface area contributed by atoms with Crippen LogP contribution < -0.4 is 16.0 Å². The standard InChI is InChI=1S/C12H19N3O2/c16-11-3-7(6-13-11)12(17)15-10-4-8-1-2-9(5-10)14-8/h7-10,14H,1-6H2,(H,13,16)(H,15,17). The van der Waals surface area contributed by atoms with Gasteiger partial charge >= 0.3 is 0 Å². The van der Waals surface area contributed by atoms with Crippen LogP contribution in [0.1, 0.15) is 32.1 Å². The molecule has 3 fully saturated rings. The third-order valence-corrected chi connectivity index (χ3v) is 4.17. The first-order valence-corrected chi connectivity index (χ1v) is 6.54. The van der Waals surface area contributed by atoms with Crippen molar-refractivity contribution < 1.29 is 9.59 Å². The highest BCUT2D eigenvalue weighted by Gasteiger charge is 2.36. The number of carbonyl (C=O) groups excluding carboxylic acids is 2. The number of hydrogen-bond donors (Lipinski definition) is 3. The SMILES string of the molecule is O=C1CC(C(=O)NC2CC3CCC(C2)N3)CN1. The van der Waals surface area contributed by atoms with Crippen LogP contribution in [0, 0.1) is 5.92 Å². The lowest BCUT2D eigenvalue weighted by Gasteiger charge is -2.30. The van der Waals surface area contributed by atoms with E-state index in [0.29, 0.717) is 31.1 Å². The van der Waals surface area contributed by atoms with Gasteiger partial charge in [0.05, 0.1) is 5.92 Å². The summed E-state index contributed by atoms with van der Waals surface area (Å²) in [5, 5.41) is 9.37. The maximum atomic E-state index is 12.0. The molecule has 0 radical (unpaired) electrons. The number of piperidine rings is 1. The Kier molecular flexibility index (Phi) is 2.78. The van der Waals surface area contributed by atoms with E-state index in [1.165, 1.54) is 12.8 Å². The Hall–Kier alpha value is -1.10. The minimum Gasteiger partial charge on any atom is -0.355 e. The first-order valence-electron chi connectivity index (χ1n) is 6.54. The minimum atomic E-state index is -0.157. The average Bonchev–Trinajstić information content (AvgIpc) is 2.85. The summed E-state index contributed by atoms with van der Waals surface area (Å²) in [6.07, 6.45) is 4.90. The van der Waals surface area contributed by atoms with E-state index in [2.05, 4.69) is 16.0 Å². The molecule has 3 aliphatic heterocycles. The molecule has 2 bridgehead atoms. The van der Waals surface area contributed by atoms with Crippen molar-refractivity contribution in [1.29, 1.82) is 0 Å². The zero-order valence-electron chi connectivity index (χ0n) is 9.87. The van der Waals surface area contributed by atoms with Gasteiger partial charge in [0.25, 0.3) is 0 Å². The fraction of sp³-hybridized carbons (Fsp3) is 0.833. The first-order chi connectivity index (χ1) is 8.20. The van der Waals surface area contributed by atoms with E-state index < -0.39 is 0 Å². The van der Waals surface area contributed by atoms with Gasteiger partial charge in [-0.15, -0.1) is 0 Å². The molecule has 3 aliphatic rings. The number of hydrogen-bond acceptors (Lipinski definition) is 3. The van der Waals surface area contributed by atoms with Gasteiger partial charge in [0.15, 0.2) is 0 Å². The number of amides is 2. The van der Waals surface area contributed by atoms with Gasteiger partial charge in [-0.2, -0.15) is 0 Å². The van der Waals surface area contributed by atoms with Crippen molar-refractivity contribution in [1.82, 2.24) is 16.0 Å². The largest absolute Gasteiger partial charge is 0.355 e. The molecule has 2 amide bonds. The van der Waals surface area contributed by atoms with Crippen LogP contribution in [-0.4, -0.2) is 36.5 Å². The third-order valence-electron chi connectivity index (χ3n) is 4.17. The topological polar surface area (TPSA) is 70.2 Å². The van der Waals surface area contributed by atoms with Gasteiger partial charge in [-0.1, -0.05) is 0 Å². The van der Waals surface area contributed by atoms with Crippen molar-refractivity contribution >= 4 is 11.8 Å². The van der Waals surface area contributed by atoms with Crippen LogP contribution in [0.15, 0.2) is 0 Å². The second-order valence-corrected chi connectivity index (χ2v) is 5.52. The summed E-state index contributed by atoms with van der Waals surface area (Å²) in [4.78, 5) is 23.0. The third kappa shape index (κ3) is 2.29. The van der Waals surface area contributed by atoms with Crippen LogP contribution in [0.2, 0.25) is 0 Å². The Labute approximate surface area is 101 Å². The van der Waals surface area contributed by atoms with Gasteiger partial charge in [0, 0.05) is 31.1 Å². The summed E-state index contributed by atoms with van der Waals surface area (Å²) in [6.45, 7) is 0.502. The fourth-order valence-corrected chi connectivity index (χ4v) is 3.28. The van der Waals surface area contributed by atoms with Crippen molar-refractivity contribution in [2.24, 2.45) is 5.92 Å². The Balaban J connectivity index is 1.53.